The third-order valence-electron chi connectivity index (χ3n) is 9.02. The highest BCUT2D eigenvalue weighted by atomic mass is 31.2. The van der Waals surface area contributed by atoms with Crippen molar-refractivity contribution in [2.24, 2.45) is 0 Å². The molecule has 2 saturated heterocycles. The van der Waals surface area contributed by atoms with Crippen LogP contribution in [0.25, 0.3) is 11.2 Å². The average molecular weight is 809 g/mol. The van der Waals surface area contributed by atoms with Gasteiger partial charge in [-0.2, -0.15) is 4.98 Å². The van der Waals surface area contributed by atoms with Crippen LogP contribution in [0.4, 0.5) is 11.6 Å². The Morgan fingerprint density at radius 3 is 2.42 bits per heavy atom. The second-order valence-corrected chi connectivity index (χ2v) is 21.2. The summed E-state index contributed by atoms with van der Waals surface area (Å²) >= 11 is 0. The second kappa shape index (κ2) is 15.5. The Morgan fingerprint density at radius 2 is 1.75 bits per heavy atom. The van der Waals surface area contributed by atoms with E-state index in [-0.39, 0.29) is 34.3 Å². The lowest BCUT2D eigenvalue weighted by Gasteiger charge is -2.35. The normalized spacial score (nSPS) is 26.5. The first kappa shape index (κ1) is 41.0. The molecule has 3 aromatic rings. The average Bonchev–Trinajstić information content (AvgIpc) is 3.73. The molecule has 294 valence electrons. The van der Waals surface area contributed by atoms with Crippen molar-refractivity contribution in [2.45, 2.75) is 88.3 Å². The van der Waals surface area contributed by atoms with Crippen LogP contribution in [-0.4, -0.2) is 113 Å². The van der Waals surface area contributed by atoms with Crippen LogP contribution in [0, 0.1) is 0 Å². The predicted molar refractivity (Wildman–Crippen MR) is 183 cm³/mol. The van der Waals surface area contributed by atoms with Gasteiger partial charge in [0, 0.05) is 12.6 Å². The van der Waals surface area contributed by atoms with Gasteiger partial charge in [0.15, 0.2) is 32.1 Å². The molecule has 3 aromatic heterocycles. The van der Waals surface area contributed by atoms with Gasteiger partial charge in [-0.1, -0.05) is 20.8 Å². The number of nitrogens with two attached hydrogens (primary N) is 2. The van der Waals surface area contributed by atoms with Gasteiger partial charge in [-0.25, -0.2) is 33.7 Å². The molecule has 2 fully saturated rings. The van der Waals surface area contributed by atoms with Crippen molar-refractivity contribution in [1.29, 1.82) is 0 Å². The fraction of sp³-hybridized carbons (Fsp3) is 0.630. The molecule has 5 heterocycles. The van der Waals surface area contributed by atoms with Gasteiger partial charge in [0.2, 0.25) is 0 Å². The number of anilines is 2. The number of aliphatic hydroxyl groups is 1. The van der Waals surface area contributed by atoms with Gasteiger partial charge >= 0.3 is 27.3 Å². The summed E-state index contributed by atoms with van der Waals surface area (Å²) in [6, 6.07) is 1.29. The van der Waals surface area contributed by atoms with E-state index in [2.05, 4.69) is 24.5 Å². The Labute approximate surface area is 302 Å². The van der Waals surface area contributed by atoms with Crippen molar-refractivity contribution in [3.05, 3.63) is 35.4 Å². The highest BCUT2D eigenvalue weighted by Crippen LogP contribution is 2.50. The molecule has 0 saturated carbocycles. The maximum atomic E-state index is 13.3. The molecule has 23 nitrogen and oxygen atoms in total. The number of nitrogens with zero attached hydrogens (tertiary/aromatic N) is 6. The quantitative estimate of drug-likeness (QED) is 0.0726. The molecule has 0 bridgehead atoms. The number of nitrogen functional groups attached to an aromatic ring is 2. The first-order valence-electron chi connectivity index (χ1n) is 16.0. The molecule has 26 heteroatoms. The largest absolute Gasteiger partial charge is 0.472 e. The molecule has 0 aromatic carbocycles. The molecule has 8 N–H and O–H groups in total. The van der Waals surface area contributed by atoms with E-state index in [4.69, 9.17) is 39.2 Å². The summed E-state index contributed by atoms with van der Waals surface area (Å²) < 4.78 is 65.5. The Hall–Kier alpha value is -3.22. The number of aliphatic hydroxyl groups excluding tert-OH is 1. The summed E-state index contributed by atoms with van der Waals surface area (Å²) in [4.78, 5) is 70.6. The Morgan fingerprint density at radius 1 is 1.06 bits per heavy atom. The lowest BCUT2D eigenvalue weighted by Crippen LogP contribution is -2.44. The first-order chi connectivity index (χ1) is 24.5. The van der Waals surface area contributed by atoms with Gasteiger partial charge in [0.1, 0.15) is 54.9 Å². The zero-order chi connectivity index (χ0) is 39.1. The van der Waals surface area contributed by atoms with Crippen molar-refractivity contribution >= 4 is 52.7 Å². The molecule has 0 spiro atoms. The minimum atomic E-state index is -5.12. The van der Waals surface area contributed by atoms with Crippen LogP contribution in [0.2, 0.25) is 18.1 Å². The number of carbonyl (C=O) groups is 1. The van der Waals surface area contributed by atoms with Crippen LogP contribution in [-0.2, 0) is 46.1 Å². The molecule has 0 aliphatic carbocycles. The van der Waals surface area contributed by atoms with E-state index in [1.807, 2.05) is 33.9 Å². The third kappa shape index (κ3) is 9.72. The third-order valence-corrected chi connectivity index (χ3v) is 15.0. The second-order valence-electron chi connectivity index (χ2n) is 13.7. The number of rotatable bonds is 14. The number of imidazole rings is 1. The monoisotopic (exact) mass is 808 g/mol. The molecule has 2 aliphatic heterocycles. The van der Waals surface area contributed by atoms with Crippen molar-refractivity contribution in [3.8, 4) is 0 Å². The Kier molecular flexibility index (Phi) is 12.0. The van der Waals surface area contributed by atoms with Crippen LogP contribution in [0.15, 0.2) is 29.7 Å². The number of phosphoric ester groups is 2. The van der Waals surface area contributed by atoms with Crippen LogP contribution < -0.4 is 17.2 Å². The van der Waals surface area contributed by atoms with E-state index in [1.54, 1.807) is 0 Å². The Balaban J connectivity index is 1.34. The van der Waals surface area contributed by atoms with Crippen molar-refractivity contribution in [1.82, 2.24) is 29.1 Å². The van der Waals surface area contributed by atoms with Gasteiger partial charge in [-0.3, -0.25) is 22.7 Å². The van der Waals surface area contributed by atoms with E-state index in [1.165, 1.54) is 29.5 Å². The van der Waals surface area contributed by atoms with Crippen LogP contribution >= 0.6 is 15.6 Å². The maximum absolute atomic E-state index is 13.3. The standard InChI is InChI=1S/C27H42N8O15P2Si/c1-27(2,3)53(4,5)46-11-19(36)49-22-16(48-25(21(22)37)35-13-32-20-23(29)30-12-31-24(20)35)10-45-52(42,43)50-14-8-18(34-7-6-17(28)33-26(34)38)47-15(14)9-44-51(39,40)41/h6-7,12-16,18,21-22,25,37H,8-11H2,1-5H3,(H,42,43)(H2,28,33,38)(H2,29,30,31)(H2,39,40,41)/t14-,15-,16-,18+,21+,22+,25+/m0/s1. The summed E-state index contributed by atoms with van der Waals surface area (Å²) in [5.74, 6) is -0.891. The number of ether oxygens (including phenoxy) is 3. The van der Waals surface area contributed by atoms with Gasteiger partial charge < -0.3 is 49.9 Å². The summed E-state index contributed by atoms with van der Waals surface area (Å²) in [7, 11) is -12.6. The molecule has 5 rings (SSSR count). The van der Waals surface area contributed by atoms with Crippen LogP contribution in [0.1, 0.15) is 39.6 Å². The summed E-state index contributed by atoms with van der Waals surface area (Å²) in [6.45, 7) is 7.75. The number of phosphoric acid groups is 2. The minimum absolute atomic E-state index is 0.0467. The zero-order valence-electron chi connectivity index (χ0n) is 29.2. The number of carbonyl (C=O) groups excluding carboxylic acids is 1. The van der Waals surface area contributed by atoms with Gasteiger partial charge in [0.25, 0.3) is 0 Å². The van der Waals surface area contributed by atoms with Crippen LogP contribution in [0.5, 0.6) is 0 Å². The lowest BCUT2D eigenvalue weighted by molar-refractivity contribution is -0.159. The minimum Gasteiger partial charge on any atom is -0.455 e. The fourth-order valence-electron chi connectivity index (χ4n) is 5.24. The molecule has 0 amide bonds. The van der Waals surface area contributed by atoms with E-state index in [9.17, 15) is 38.5 Å². The van der Waals surface area contributed by atoms with Crippen LogP contribution in [0.3, 0.4) is 0 Å². The van der Waals surface area contributed by atoms with E-state index in [0.29, 0.717) is 0 Å². The predicted octanol–water partition coefficient (Wildman–Crippen LogP) is 0.339. The highest BCUT2D eigenvalue weighted by Gasteiger charge is 2.50. The number of hydrogen-bond acceptors (Lipinski definition) is 18. The maximum Gasteiger partial charge on any atom is 0.472 e. The summed E-state index contributed by atoms with van der Waals surface area (Å²) in [6.07, 6.45) is -6.42. The first-order valence-corrected chi connectivity index (χ1v) is 21.9. The van der Waals surface area contributed by atoms with Crippen molar-refractivity contribution in [3.63, 3.8) is 0 Å². The van der Waals surface area contributed by atoms with Gasteiger partial charge in [-0.05, 0) is 24.2 Å². The number of hydrogen-bond donors (Lipinski definition) is 6. The molecule has 1 unspecified atom stereocenters. The molecule has 8 atom stereocenters. The number of fused-ring (bicyclic) bond motifs is 1. The molecule has 53 heavy (non-hydrogen) atoms. The molecular weight excluding hydrogens is 766 g/mol. The fourth-order valence-corrected chi connectivity index (χ4v) is 7.46. The van der Waals surface area contributed by atoms with E-state index < -0.39 is 98.4 Å². The van der Waals surface area contributed by atoms with E-state index in [0.717, 1.165) is 4.57 Å². The highest BCUT2D eigenvalue weighted by molar-refractivity contribution is 7.47. The van der Waals surface area contributed by atoms with Gasteiger partial charge in [-0.15, -0.1) is 0 Å². The summed E-state index contributed by atoms with van der Waals surface area (Å²) in [5.41, 5.74) is 11.0. The lowest BCUT2D eigenvalue weighted by atomic mass is 10.1. The topological polar surface area (TPSA) is 327 Å². The summed E-state index contributed by atoms with van der Waals surface area (Å²) in [5, 5.41) is 11.2. The van der Waals surface area contributed by atoms with E-state index >= 15 is 0 Å². The molecule has 0 radical (unpaired) electrons. The zero-order valence-corrected chi connectivity index (χ0v) is 32.0. The number of aromatic nitrogens is 6. The molecular formula is C27H42N8O15P2Si. The number of esters is 1. The smallest absolute Gasteiger partial charge is 0.455 e. The van der Waals surface area contributed by atoms with Crippen molar-refractivity contribution in [2.75, 3.05) is 31.3 Å². The SMILES string of the molecule is CC(C)(C)[Si](C)(C)OCC(=O)O[C@H]1[C@@H](O)[C@H](n2cnc3c(N)ncnc32)O[C@H]1COP(=O)(O)O[C@H]1C[C@H](n2ccc(N)nc2=O)O[C@H]1COP(=O)(O)O. The Bertz CT molecular complexity index is 1950. The van der Waals surface area contributed by atoms with Crippen molar-refractivity contribution < 1.29 is 65.9 Å². The molecule has 2 aliphatic rings. The van der Waals surface area contributed by atoms with Gasteiger partial charge in [0.05, 0.1) is 19.5 Å².